The fourth-order valence-corrected chi connectivity index (χ4v) is 2.14. The van der Waals surface area contributed by atoms with E-state index in [9.17, 15) is 5.11 Å². The summed E-state index contributed by atoms with van der Waals surface area (Å²) in [5, 5.41) is 18.9. The molecule has 2 rings (SSSR count). The summed E-state index contributed by atoms with van der Waals surface area (Å²) < 4.78 is 1.95. The number of aryl methyl sites for hydroxylation is 1. The molecule has 0 aliphatic carbocycles. The van der Waals surface area contributed by atoms with E-state index < -0.39 is 6.10 Å². The summed E-state index contributed by atoms with van der Waals surface area (Å²) >= 11 is 0. The van der Waals surface area contributed by atoms with Crippen LogP contribution in [0.15, 0.2) is 30.6 Å². The zero-order valence-corrected chi connectivity index (χ0v) is 11.2. The van der Waals surface area contributed by atoms with Gasteiger partial charge in [-0.25, -0.2) is 4.98 Å². The van der Waals surface area contributed by atoms with Crippen molar-refractivity contribution in [1.29, 1.82) is 5.26 Å². The van der Waals surface area contributed by atoms with Crippen molar-refractivity contribution in [1.82, 2.24) is 9.55 Å². The molecule has 0 spiro atoms. The second kappa shape index (κ2) is 5.68. The van der Waals surface area contributed by atoms with Gasteiger partial charge in [0.05, 0.1) is 23.4 Å². The van der Waals surface area contributed by atoms with Gasteiger partial charge in [0, 0.05) is 24.4 Å². The number of aliphatic hydroxyl groups excluding tert-OH is 1. The van der Waals surface area contributed by atoms with Crippen LogP contribution in [0.5, 0.6) is 0 Å². The highest BCUT2D eigenvalue weighted by atomic mass is 16.3. The Balaban J connectivity index is 2.59. The minimum Gasteiger partial charge on any atom is -0.389 e. The molecule has 4 heteroatoms. The SMILES string of the molecule is CCCc1nccn1-c1cc(C#N)ccc1[C@H](C)O. The summed E-state index contributed by atoms with van der Waals surface area (Å²) in [6, 6.07) is 7.45. The normalized spacial score (nSPS) is 12.1. The molecule has 1 aromatic heterocycles. The molecule has 0 bridgehead atoms. The number of imidazole rings is 1. The number of benzene rings is 1. The van der Waals surface area contributed by atoms with E-state index in [1.165, 1.54) is 0 Å². The third-order valence-electron chi connectivity index (χ3n) is 3.06. The molecule has 1 N–H and O–H groups in total. The number of aliphatic hydroxyl groups is 1. The molecule has 0 fully saturated rings. The van der Waals surface area contributed by atoms with Crippen LogP contribution in [0.2, 0.25) is 0 Å². The first-order valence-corrected chi connectivity index (χ1v) is 6.42. The molecule has 0 radical (unpaired) electrons. The van der Waals surface area contributed by atoms with Gasteiger partial charge in [0.15, 0.2) is 0 Å². The van der Waals surface area contributed by atoms with Gasteiger partial charge in [-0.1, -0.05) is 13.0 Å². The van der Waals surface area contributed by atoms with E-state index in [-0.39, 0.29) is 0 Å². The minimum absolute atomic E-state index is 0.579. The Morgan fingerprint density at radius 1 is 1.47 bits per heavy atom. The van der Waals surface area contributed by atoms with Gasteiger partial charge in [-0.2, -0.15) is 5.26 Å². The minimum atomic E-state index is -0.584. The van der Waals surface area contributed by atoms with Gasteiger partial charge in [-0.15, -0.1) is 0 Å². The average Bonchev–Trinajstić information content (AvgIpc) is 2.86. The van der Waals surface area contributed by atoms with E-state index >= 15 is 0 Å². The van der Waals surface area contributed by atoms with Gasteiger partial charge >= 0.3 is 0 Å². The lowest BCUT2D eigenvalue weighted by atomic mass is 10.0. The van der Waals surface area contributed by atoms with Gasteiger partial charge in [0.25, 0.3) is 0 Å². The van der Waals surface area contributed by atoms with Crippen LogP contribution < -0.4 is 0 Å². The van der Waals surface area contributed by atoms with E-state index in [1.54, 1.807) is 31.3 Å². The van der Waals surface area contributed by atoms with Crippen LogP contribution >= 0.6 is 0 Å². The highest BCUT2D eigenvalue weighted by molar-refractivity contribution is 5.49. The standard InChI is InChI=1S/C15H17N3O/c1-3-4-15-17-7-8-18(15)14-9-12(10-16)5-6-13(14)11(2)19/h5-9,11,19H,3-4H2,1-2H3/t11-/m0/s1. The molecule has 0 amide bonds. The van der Waals surface area contributed by atoms with Crippen molar-refractivity contribution >= 4 is 0 Å². The van der Waals surface area contributed by atoms with Gasteiger partial charge in [0.2, 0.25) is 0 Å². The van der Waals surface area contributed by atoms with Crippen molar-refractivity contribution < 1.29 is 5.11 Å². The molecular weight excluding hydrogens is 238 g/mol. The number of hydrogen-bond acceptors (Lipinski definition) is 3. The average molecular weight is 255 g/mol. The fourth-order valence-electron chi connectivity index (χ4n) is 2.14. The fraction of sp³-hybridized carbons (Fsp3) is 0.333. The van der Waals surface area contributed by atoms with Crippen molar-refractivity contribution in [2.45, 2.75) is 32.8 Å². The topological polar surface area (TPSA) is 61.8 Å². The largest absolute Gasteiger partial charge is 0.389 e. The van der Waals surface area contributed by atoms with E-state index in [2.05, 4.69) is 18.0 Å². The lowest BCUT2D eigenvalue weighted by Gasteiger charge is -2.15. The third kappa shape index (κ3) is 2.67. The predicted molar refractivity (Wildman–Crippen MR) is 72.9 cm³/mol. The summed E-state index contributed by atoms with van der Waals surface area (Å²) in [5.41, 5.74) is 2.21. The van der Waals surface area contributed by atoms with Crippen LogP contribution in [0.1, 0.15) is 43.3 Å². The van der Waals surface area contributed by atoms with Gasteiger partial charge < -0.3 is 9.67 Å². The Morgan fingerprint density at radius 2 is 2.26 bits per heavy atom. The highest BCUT2D eigenvalue weighted by Crippen LogP contribution is 2.24. The molecule has 4 nitrogen and oxygen atoms in total. The zero-order valence-electron chi connectivity index (χ0n) is 11.2. The summed E-state index contributed by atoms with van der Waals surface area (Å²) in [6.45, 7) is 3.82. The quantitative estimate of drug-likeness (QED) is 0.913. The van der Waals surface area contributed by atoms with Crippen molar-refractivity contribution in [2.24, 2.45) is 0 Å². The number of hydrogen-bond donors (Lipinski definition) is 1. The summed E-state index contributed by atoms with van der Waals surface area (Å²) in [6.07, 6.45) is 4.89. The first-order valence-electron chi connectivity index (χ1n) is 6.42. The number of nitrogens with zero attached hydrogens (tertiary/aromatic N) is 3. The highest BCUT2D eigenvalue weighted by Gasteiger charge is 2.13. The van der Waals surface area contributed by atoms with E-state index in [0.29, 0.717) is 5.56 Å². The number of nitriles is 1. The molecule has 0 aliphatic heterocycles. The summed E-state index contributed by atoms with van der Waals surface area (Å²) in [7, 11) is 0. The van der Waals surface area contributed by atoms with Crippen molar-refractivity contribution in [3.8, 4) is 11.8 Å². The molecule has 19 heavy (non-hydrogen) atoms. The van der Waals surface area contributed by atoms with E-state index in [1.807, 2.05) is 10.8 Å². The first-order chi connectivity index (χ1) is 9.17. The molecule has 0 saturated carbocycles. The van der Waals surface area contributed by atoms with Crippen LogP contribution in [0.3, 0.4) is 0 Å². The second-order valence-corrected chi connectivity index (χ2v) is 4.52. The summed E-state index contributed by atoms with van der Waals surface area (Å²) in [5.74, 6) is 0.944. The molecule has 1 atom stereocenters. The maximum Gasteiger partial charge on any atom is 0.113 e. The van der Waals surface area contributed by atoms with Crippen LogP contribution in [-0.2, 0) is 6.42 Å². The van der Waals surface area contributed by atoms with Crippen molar-refractivity contribution in [3.63, 3.8) is 0 Å². The third-order valence-corrected chi connectivity index (χ3v) is 3.06. The Bertz CT molecular complexity index is 608. The van der Waals surface area contributed by atoms with Crippen molar-refractivity contribution in [2.75, 3.05) is 0 Å². The van der Waals surface area contributed by atoms with Crippen molar-refractivity contribution in [3.05, 3.63) is 47.5 Å². The van der Waals surface area contributed by atoms with Gasteiger partial charge in [-0.05, 0) is 25.5 Å². The Kier molecular flexibility index (Phi) is 3.98. The zero-order chi connectivity index (χ0) is 13.8. The molecule has 1 aromatic carbocycles. The maximum absolute atomic E-state index is 9.87. The van der Waals surface area contributed by atoms with Gasteiger partial charge in [0.1, 0.15) is 5.82 Å². The molecule has 0 saturated heterocycles. The van der Waals surface area contributed by atoms with E-state index in [0.717, 1.165) is 29.9 Å². The lowest BCUT2D eigenvalue weighted by Crippen LogP contribution is -2.06. The number of aromatic nitrogens is 2. The predicted octanol–water partition coefficient (Wildman–Crippen LogP) is 2.75. The smallest absolute Gasteiger partial charge is 0.113 e. The lowest BCUT2D eigenvalue weighted by molar-refractivity contribution is 0.199. The monoisotopic (exact) mass is 255 g/mol. The van der Waals surface area contributed by atoms with Crippen LogP contribution in [-0.4, -0.2) is 14.7 Å². The Morgan fingerprint density at radius 3 is 2.89 bits per heavy atom. The molecule has 98 valence electrons. The molecule has 0 unspecified atom stereocenters. The molecular formula is C15H17N3O. The second-order valence-electron chi connectivity index (χ2n) is 4.52. The molecule has 1 heterocycles. The summed E-state index contributed by atoms with van der Waals surface area (Å²) in [4.78, 5) is 4.34. The van der Waals surface area contributed by atoms with Crippen LogP contribution in [0, 0.1) is 11.3 Å². The van der Waals surface area contributed by atoms with E-state index in [4.69, 9.17) is 5.26 Å². The van der Waals surface area contributed by atoms with Gasteiger partial charge in [-0.3, -0.25) is 0 Å². The van der Waals surface area contributed by atoms with Crippen LogP contribution in [0.25, 0.3) is 5.69 Å². The number of rotatable bonds is 4. The Labute approximate surface area is 113 Å². The first kappa shape index (κ1) is 13.3. The maximum atomic E-state index is 9.87. The van der Waals surface area contributed by atoms with Crippen LogP contribution in [0.4, 0.5) is 0 Å². The molecule has 2 aromatic rings. The Hall–Kier alpha value is -2.12. The molecule has 0 aliphatic rings.